The van der Waals surface area contributed by atoms with Gasteiger partial charge in [-0.1, -0.05) is 0 Å². The summed E-state index contributed by atoms with van der Waals surface area (Å²) in [5.41, 5.74) is 5.16. The highest BCUT2D eigenvalue weighted by molar-refractivity contribution is 7.89. The minimum absolute atomic E-state index is 0.0149. The van der Waals surface area contributed by atoms with Crippen molar-refractivity contribution >= 4 is 15.7 Å². The van der Waals surface area contributed by atoms with E-state index in [2.05, 4.69) is 0 Å². The maximum atomic E-state index is 13.0. The van der Waals surface area contributed by atoms with Crippen LogP contribution in [0.3, 0.4) is 0 Å². The summed E-state index contributed by atoms with van der Waals surface area (Å²) in [5, 5.41) is 0. The molecule has 18 heavy (non-hydrogen) atoms. The van der Waals surface area contributed by atoms with Gasteiger partial charge in [-0.15, -0.1) is 0 Å². The van der Waals surface area contributed by atoms with Crippen LogP contribution in [0.1, 0.15) is 26.7 Å². The van der Waals surface area contributed by atoms with E-state index in [-0.39, 0.29) is 10.6 Å². The first-order valence-corrected chi connectivity index (χ1v) is 7.27. The Morgan fingerprint density at radius 1 is 1.39 bits per heavy atom. The molecule has 1 aromatic carbocycles. The zero-order valence-corrected chi connectivity index (χ0v) is 11.3. The van der Waals surface area contributed by atoms with Crippen LogP contribution in [0.15, 0.2) is 23.1 Å². The van der Waals surface area contributed by atoms with Crippen LogP contribution in [0.5, 0.6) is 0 Å². The number of hydrogen-bond acceptors (Lipinski definition) is 3. The third-order valence-corrected chi connectivity index (χ3v) is 5.55. The molecule has 2 N–H and O–H groups in total. The molecule has 2 rings (SSSR count). The summed E-state index contributed by atoms with van der Waals surface area (Å²) in [7, 11) is -3.65. The predicted molar refractivity (Wildman–Crippen MR) is 68.0 cm³/mol. The summed E-state index contributed by atoms with van der Waals surface area (Å²) >= 11 is 0. The second-order valence-electron chi connectivity index (χ2n) is 5.18. The van der Waals surface area contributed by atoms with Crippen molar-refractivity contribution in [2.75, 3.05) is 12.3 Å². The van der Waals surface area contributed by atoms with Gasteiger partial charge in [0.25, 0.3) is 0 Å². The molecule has 0 saturated carbocycles. The molecule has 0 spiro atoms. The first kappa shape index (κ1) is 13.3. The molecule has 4 nitrogen and oxygen atoms in total. The number of anilines is 1. The molecule has 1 aliphatic rings. The smallest absolute Gasteiger partial charge is 0.245 e. The fourth-order valence-electron chi connectivity index (χ4n) is 2.40. The molecule has 0 unspecified atom stereocenters. The molecule has 0 amide bonds. The Hall–Kier alpha value is -1.14. The molecule has 0 aliphatic carbocycles. The zero-order valence-electron chi connectivity index (χ0n) is 10.5. The molecule has 1 aliphatic heterocycles. The fourth-order valence-corrected chi connectivity index (χ4v) is 4.35. The van der Waals surface area contributed by atoms with Gasteiger partial charge >= 0.3 is 0 Å². The van der Waals surface area contributed by atoms with Gasteiger partial charge in [0.15, 0.2) is 0 Å². The van der Waals surface area contributed by atoms with Crippen molar-refractivity contribution in [2.24, 2.45) is 0 Å². The minimum atomic E-state index is -3.65. The van der Waals surface area contributed by atoms with Crippen LogP contribution < -0.4 is 5.73 Å². The van der Waals surface area contributed by atoms with Crippen molar-refractivity contribution in [1.29, 1.82) is 0 Å². The summed E-state index contributed by atoms with van der Waals surface area (Å²) in [6.07, 6.45) is 1.64. The maximum absolute atomic E-state index is 13.0. The zero-order chi connectivity index (χ0) is 13.6. The van der Waals surface area contributed by atoms with Crippen molar-refractivity contribution in [3.8, 4) is 0 Å². The Labute approximate surface area is 107 Å². The van der Waals surface area contributed by atoms with Gasteiger partial charge in [0.1, 0.15) is 10.7 Å². The summed E-state index contributed by atoms with van der Waals surface area (Å²) in [6, 6.07) is 3.39. The van der Waals surface area contributed by atoms with Crippen LogP contribution in [-0.2, 0) is 10.0 Å². The summed E-state index contributed by atoms with van der Waals surface area (Å²) < 4.78 is 39.4. The van der Waals surface area contributed by atoms with Gasteiger partial charge in [0.05, 0.1) is 5.69 Å². The van der Waals surface area contributed by atoms with Crippen LogP contribution in [0.25, 0.3) is 0 Å². The molecule has 1 heterocycles. The molecule has 100 valence electrons. The van der Waals surface area contributed by atoms with Crippen LogP contribution in [0.2, 0.25) is 0 Å². The van der Waals surface area contributed by atoms with E-state index >= 15 is 0 Å². The topological polar surface area (TPSA) is 63.4 Å². The Balaban J connectivity index is 2.49. The summed E-state index contributed by atoms with van der Waals surface area (Å²) in [5.74, 6) is -0.535. The van der Waals surface area contributed by atoms with E-state index < -0.39 is 21.4 Å². The third-order valence-electron chi connectivity index (χ3n) is 3.36. The van der Waals surface area contributed by atoms with E-state index in [1.165, 1.54) is 10.4 Å². The average molecular weight is 272 g/mol. The van der Waals surface area contributed by atoms with Crippen molar-refractivity contribution in [3.05, 3.63) is 24.0 Å². The third kappa shape index (κ3) is 2.10. The molecular weight excluding hydrogens is 255 g/mol. The van der Waals surface area contributed by atoms with E-state index in [0.717, 1.165) is 25.0 Å². The van der Waals surface area contributed by atoms with Crippen LogP contribution in [0.4, 0.5) is 10.1 Å². The van der Waals surface area contributed by atoms with Crippen molar-refractivity contribution in [3.63, 3.8) is 0 Å². The lowest BCUT2D eigenvalue weighted by Gasteiger charge is -2.30. The fraction of sp³-hybridized carbons (Fsp3) is 0.500. The normalized spacial score (nSPS) is 20.2. The summed E-state index contributed by atoms with van der Waals surface area (Å²) in [6.45, 7) is 4.25. The Morgan fingerprint density at radius 2 is 2.06 bits per heavy atom. The van der Waals surface area contributed by atoms with Crippen molar-refractivity contribution in [1.82, 2.24) is 4.31 Å². The number of halogens is 1. The standard InChI is InChI=1S/C12H17FN2O2S/c1-12(2)6-3-7-15(12)18(16,17)11-5-4-9(13)8-10(11)14/h4-5,8H,3,6-7,14H2,1-2H3. The van der Waals surface area contributed by atoms with E-state index in [0.29, 0.717) is 6.54 Å². The average Bonchev–Trinajstić information content (AvgIpc) is 2.58. The Bertz CT molecular complexity index is 569. The van der Waals surface area contributed by atoms with Gasteiger partial charge in [-0.05, 0) is 44.9 Å². The largest absolute Gasteiger partial charge is 0.398 e. The highest BCUT2D eigenvalue weighted by Gasteiger charge is 2.41. The highest BCUT2D eigenvalue weighted by Crippen LogP contribution is 2.35. The first-order valence-electron chi connectivity index (χ1n) is 5.83. The number of rotatable bonds is 2. The van der Waals surface area contributed by atoms with Gasteiger partial charge < -0.3 is 5.73 Å². The lowest BCUT2D eigenvalue weighted by molar-refractivity contribution is 0.292. The number of hydrogen-bond donors (Lipinski definition) is 1. The molecule has 0 aromatic heterocycles. The first-order chi connectivity index (χ1) is 8.25. The minimum Gasteiger partial charge on any atom is -0.398 e. The predicted octanol–water partition coefficient (Wildman–Crippen LogP) is 1.97. The van der Waals surface area contributed by atoms with Gasteiger partial charge in [-0.25, -0.2) is 12.8 Å². The number of benzene rings is 1. The Kier molecular flexibility index (Phi) is 3.11. The number of sulfonamides is 1. The van der Waals surface area contributed by atoms with Crippen LogP contribution >= 0.6 is 0 Å². The van der Waals surface area contributed by atoms with Gasteiger partial charge in [-0.2, -0.15) is 4.31 Å². The molecule has 0 bridgehead atoms. The number of nitrogens with two attached hydrogens (primary N) is 1. The van der Waals surface area contributed by atoms with Crippen molar-refractivity contribution in [2.45, 2.75) is 37.1 Å². The molecule has 6 heteroatoms. The van der Waals surface area contributed by atoms with E-state index in [1.807, 2.05) is 13.8 Å². The van der Waals surface area contributed by atoms with E-state index in [9.17, 15) is 12.8 Å². The second-order valence-corrected chi connectivity index (χ2v) is 7.01. The number of nitrogen functional groups attached to an aromatic ring is 1. The van der Waals surface area contributed by atoms with Crippen molar-refractivity contribution < 1.29 is 12.8 Å². The second kappa shape index (κ2) is 4.20. The highest BCUT2D eigenvalue weighted by atomic mass is 32.2. The number of nitrogens with zero attached hydrogens (tertiary/aromatic N) is 1. The molecule has 1 saturated heterocycles. The SMILES string of the molecule is CC1(C)CCCN1S(=O)(=O)c1ccc(F)cc1N. The molecule has 0 radical (unpaired) electrons. The molecule has 1 aromatic rings. The monoisotopic (exact) mass is 272 g/mol. The molecular formula is C12H17FN2O2S. The van der Waals surface area contributed by atoms with E-state index in [4.69, 9.17) is 5.73 Å². The quantitative estimate of drug-likeness (QED) is 0.837. The van der Waals surface area contributed by atoms with Gasteiger partial charge in [0.2, 0.25) is 10.0 Å². The van der Waals surface area contributed by atoms with E-state index in [1.54, 1.807) is 0 Å². The van der Waals surface area contributed by atoms with Crippen LogP contribution in [0, 0.1) is 5.82 Å². The Morgan fingerprint density at radius 3 is 2.56 bits per heavy atom. The molecule has 0 atom stereocenters. The van der Waals surface area contributed by atoms with Gasteiger partial charge in [-0.3, -0.25) is 0 Å². The lowest BCUT2D eigenvalue weighted by atomic mass is 10.0. The lowest BCUT2D eigenvalue weighted by Crippen LogP contribution is -2.42. The van der Waals surface area contributed by atoms with Crippen LogP contribution in [-0.4, -0.2) is 24.8 Å². The summed E-state index contributed by atoms with van der Waals surface area (Å²) in [4.78, 5) is -0.0149. The molecule has 1 fully saturated rings. The maximum Gasteiger partial charge on any atom is 0.245 e. The van der Waals surface area contributed by atoms with Gasteiger partial charge in [0, 0.05) is 12.1 Å².